The van der Waals surface area contributed by atoms with Crippen LogP contribution in [-0.4, -0.2) is 40.2 Å². The number of amides is 1. The first-order valence-electron chi connectivity index (χ1n) is 7.39. The van der Waals surface area contributed by atoms with E-state index in [0.717, 1.165) is 0 Å². The summed E-state index contributed by atoms with van der Waals surface area (Å²) in [5.74, 6) is -1.45. The number of carbonyl (C=O) groups excluding carboxylic acids is 1. The summed E-state index contributed by atoms with van der Waals surface area (Å²) < 4.78 is 0. The summed E-state index contributed by atoms with van der Waals surface area (Å²) in [7, 11) is 1.65. The van der Waals surface area contributed by atoms with Gasteiger partial charge in [-0.15, -0.1) is 0 Å². The van der Waals surface area contributed by atoms with Crippen molar-refractivity contribution in [2.24, 2.45) is 10.2 Å². The van der Waals surface area contributed by atoms with Crippen molar-refractivity contribution in [1.29, 1.82) is 0 Å². The molecule has 0 spiro atoms. The third-order valence-electron chi connectivity index (χ3n) is 3.72. The molecule has 7 nitrogen and oxygen atoms in total. The number of carboxylic acids is 1. The number of hydrogen-bond acceptors (Lipinski definition) is 5. The molecule has 1 aliphatic rings. The van der Waals surface area contributed by atoms with Gasteiger partial charge in [0.1, 0.15) is 0 Å². The van der Waals surface area contributed by atoms with Gasteiger partial charge in [-0.2, -0.15) is 10.2 Å². The topological polar surface area (TPSA) is 85.6 Å². The highest BCUT2D eigenvalue weighted by Crippen LogP contribution is 2.26. The number of thiocarbonyl (C=S) groups is 1. The molecule has 1 atom stereocenters. The molecule has 1 fully saturated rings. The minimum Gasteiger partial charge on any atom is -0.478 e. The molecule has 0 saturated carbocycles. The first-order valence-corrected chi connectivity index (χ1v) is 7.80. The highest BCUT2D eigenvalue weighted by atomic mass is 32.1. The van der Waals surface area contributed by atoms with Gasteiger partial charge in [-0.25, -0.2) is 4.79 Å². The van der Waals surface area contributed by atoms with Crippen molar-refractivity contribution in [1.82, 2.24) is 4.90 Å². The number of carbonyl (C=O) groups is 2. The Morgan fingerprint density at radius 2 is 1.76 bits per heavy atom. The molecule has 1 unspecified atom stereocenters. The van der Waals surface area contributed by atoms with Crippen molar-refractivity contribution in [3.8, 4) is 0 Å². The number of anilines is 1. The maximum Gasteiger partial charge on any atom is 0.337 e. The van der Waals surface area contributed by atoms with E-state index in [4.69, 9.17) is 12.2 Å². The van der Waals surface area contributed by atoms with E-state index in [2.05, 4.69) is 10.2 Å². The van der Waals surface area contributed by atoms with Gasteiger partial charge in [-0.1, -0.05) is 30.3 Å². The lowest BCUT2D eigenvalue weighted by atomic mass is 10.2. The fourth-order valence-corrected chi connectivity index (χ4v) is 2.73. The van der Waals surface area contributed by atoms with Crippen LogP contribution >= 0.6 is 12.2 Å². The third-order valence-corrected chi connectivity index (χ3v) is 4.20. The molecule has 8 heteroatoms. The van der Waals surface area contributed by atoms with E-state index in [9.17, 15) is 14.7 Å². The largest absolute Gasteiger partial charge is 0.478 e. The fraction of sp³-hybridized carbons (Fsp3) is 0.118. The first kappa shape index (κ1) is 16.7. The van der Waals surface area contributed by atoms with Gasteiger partial charge in [0.2, 0.25) is 6.17 Å². The van der Waals surface area contributed by atoms with Crippen LogP contribution in [0.3, 0.4) is 0 Å². The highest BCUT2D eigenvalue weighted by molar-refractivity contribution is 7.80. The zero-order chi connectivity index (χ0) is 18.0. The number of likely N-dealkylation sites (N-methyl/N-ethyl adjacent to an activating group) is 1. The number of carboxylic acid groups (broad SMARTS) is 1. The number of nitrogens with zero attached hydrogens (tertiary/aromatic N) is 4. The Balaban J connectivity index is 1.90. The lowest BCUT2D eigenvalue weighted by Gasteiger charge is -2.16. The van der Waals surface area contributed by atoms with Crippen LogP contribution < -0.4 is 4.90 Å². The lowest BCUT2D eigenvalue weighted by Crippen LogP contribution is -2.30. The van der Waals surface area contributed by atoms with Crippen molar-refractivity contribution >= 4 is 40.6 Å². The molecule has 0 aromatic heterocycles. The van der Waals surface area contributed by atoms with Gasteiger partial charge >= 0.3 is 5.97 Å². The smallest absolute Gasteiger partial charge is 0.337 e. The summed E-state index contributed by atoms with van der Waals surface area (Å²) >= 11 is 5.33. The van der Waals surface area contributed by atoms with Crippen molar-refractivity contribution in [2.45, 2.75) is 6.17 Å². The first-order chi connectivity index (χ1) is 12.0. The van der Waals surface area contributed by atoms with E-state index < -0.39 is 12.1 Å². The molecule has 126 valence electrons. The van der Waals surface area contributed by atoms with Gasteiger partial charge in [0.05, 0.1) is 16.9 Å². The van der Waals surface area contributed by atoms with Crippen LogP contribution in [0.5, 0.6) is 0 Å². The minimum absolute atomic E-state index is 0.0156. The lowest BCUT2D eigenvalue weighted by molar-refractivity contribution is -0.119. The second kappa shape index (κ2) is 6.78. The average Bonchev–Trinajstić information content (AvgIpc) is 2.83. The van der Waals surface area contributed by atoms with E-state index in [1.54, 1.807) is 31.3 Å². The Morgan fingerprint density at radius 3 is 2.44 bits per heavy atom. The van der Waals surface area contributed by atoms with Gasteiger partial charge < -0.3 is 10.0 Å². The van der Waals surface area contributed by atoms with Crippen LogP contribution in [0.1, 0.15) is 10.4 Å². The van der Waals surface area contributed by atoms with E-state index in [-0.39, 0.29) is 17.2 Å². The summed E-state index contributed by atoms with van der Waals surface area (Å²) in [6.07, 6.45) is -0.936. The van der Waals surface area contributed by atoms with Gasteiger partial charge in [0, 0.05) is 7.05 Å². The Labute approximate surface area is 149 Å². The van der Waals surface area contributed by atoms with Gasteiger partial charge in [0.25, 0.3) is 5.91 Å². The summed E-state index contributed by atoms with van der Waals surface area (Å²) in [5.41, 5.74) is 0.843. The molecule has 0 bridgehead atoms. The molecule has 1 heterocycles. The van der Waals surface area contributed by atoms with Gasteiger partial charge in [0.15, 0.2) is 5.11 Å². The number of aromatic carboxylic acids is 1. The quantitative estimate of drug-likeness (QED) is 0.674. The van der Waals surface area contributed by atoms with Crippen LogP contribution in [0.2, 0.25) is 0 Å². The number of para-hydroxylation sites is 1. The Kier molecular flexibility index (Phi) is 4.53. The minimum atomic E-state index is -1.11. The Bertz CT molecular complexity index is 869. The molecule has 25 heavy (non-hydrogen) atoms. The number of azo groups is 1. The maximum absolute atomic E-state index is 12.7. The third kappa shape index (κ3) is 3.11. The highest BCUT2D eigenvalue weighted by Gasteiger charge is 2.41. The zero-order valence-corrected chi connectivity index (χ0v) is 14.1. The number of hydrogen-bond donors (Lipinski definition) is 1. The predicted octanol–water partition coefficient (Wildman–Crippen LogP) is 3.06. The summed E-state index contributed by atoms with van der Waals surface area (Å²) in [5, 5.41) is 17.5. The molecule has 3 rings (SSSR count). The molecular formula is C17H14N4O3S. The van der Waals surface area contributed by atoms with Gasteiger partial charge in [-0.05, 0) is 36.5 Å². The number of benzene rings is 2. The van der Waals surface area contributed by atoms with Crippen LogP contribution in [-0.2, 0) is 4.79 Å². The Hall–Kier alpha value is -3.13. The molecule has 1 amide bonds. The van der Waals surface area contributed by atoms with Crippen molar-refractivity contribution < 1.29 is 14.7 Å². The van der Waals surface area contributed by atoms with Crippen LogP contribution in [0.4, 0.5) is 11.4 Å². The van der Waals surface area contributed by atoms with E-state index in [1.165, 1.54) is 21.9 Å². The normalized spacial score (nSPS) is 17.6. The molecule has 1 N–H and O–H groups in total. The van der Waals surface area contributed by atoms with E-state index in [1.807, 2.05) is 18.2 Å². The molecule has 0 radical (unpaired) electrons. The van der Waals surface area contributed by atoms with Crippen LogP contribution in [0, 0.1) is 0 Å². The molecule has 1 aliphatic heterocycles. The second-order valence-electron chi connectivity index (χ2n) is 5.31. The van der Waals surface area contributed by atoms with Crippen molar-refractivity contribution in [2.75, 3.05) is 11.9 Å². The van der Waals surface area contributed by atoms with Crippen LogP contribution in [0.25, 0.3) is 0 Å². The molecule has 2 aromatic rings. The molecule has 1 saturated heterocycles. The molecular weight excluding hydrogens is 340 g/mol. The van der Waals surface area contributed by atoms with Crippen molar-refractivity contribution in [3.63, 3.8) is 0 Å². The summed E-state index contributed by atoms with van der Waals surface area (Å²) in [6.45, 7) is 0. The fourth-order valence-electron chi connectivity index (χ4n) is 2.44. The average molecular weight is 354 g/mol. The monoisotopic (exact) mass is 354 g/mol. The standard InChI is InChI=1S/C17H14N4O3S/c1-20-14(19-18-13-10-6-5-9-12(13)16(23)24)15(22)21(17(20)25)11-7-3-2-4-8-11/h2-10,14H,1H3,(H,23,24). The predicted molar refractivity (Wildman–Crippen MR) is 96.0 cm³/mol. The molecule has 0 aliphatic carbocycles. The summed E-state index contributed by atoms with van der Waals surface area (Å²) in [4.78, 5) is 26.8. The second-order valence-corrected chi connectivity index (χ2v) is 5.68. The van der Waals surface area contributed by atoms with Crippen molar-refractivity contribution in [3.05, 3.63) is 60.2 Å². The Morgan fingerprint density at radius 1 is 1.12 bits per heavy atom. The van der Waals surface area contributed by atoms with Gasteiger partial charge in [-0.3, -0.25) is 9.69 Å². The maximum atomic E-state index is 12.7. The zero-order valence-electron chi connectivity index (χ0n) is 13.2. The summed E-state index contributed by atoms with van der Waals surface area (Å²) in [6, 6.07) is 15.2. The van der Waals surface area contributed by atoms with E-state index >= 15 is 0 Å². The van der Waals surface area contributed by atoms with Crippen LogP contribution in [0.15, 0.2) is 64.8 Å². The molecule has 2 aromatic carbocycles. The van der Waals surface area contributed by atoms with E-state index in [0.29, 0.717) is 10.8 Å². The number of rotatable bonds is 4. The SMILES string of the molecule is CN1C(=S)N(c2ccccc2)C(=O)C1N=Nc1ccccc1C(=O)O.